The summed E-state index contributed by atoms with van der Waals surface area (Å²) in [7, 11) is 1.95. The summed E-state index contributed by atoms with van der Waals surface area (Å²) >= 11 is 0. The van der Waals surface area contributed by atoms with Crippen molar-refractivity contribution in [2.75, 3.05) is 13.6 Å². The van der Waals surface area contributed by atoms with Crippen LogP contribution in [-0.2, 0) is 6.54 Å². The Hall–Kier alpha value is -1.75. The zero-order chi connectivity index (χ0) is 14.9. The molecule has 0 unspecified atom stereocenters. The molecule has 1 atom stereocenters. The maximum atomic E-state index is 12.8. The maximum absolute atomic E-state index is 12.8. The zero-order valence-electron chi connectivity index (χ0n) is 12.0. The normalized spacial score (nSPS) is 19.9. The molecular weight excluding hydrogens is 272 g/mol. The molecule has 3 nitrogen and oxygen atoms in total. The minimum Gasteiger partial charge on any atom is -0.301 e. The van der Waals surface area contributed by atoms with Gasteiger partial charge in [0.1, 0.15) is 0 Å². The summed E-state index contributed by atoms with van der Waals surface area (Å²) in [5, 5.41) is 7.31. The van der Waals surface area contributed by atoms with Crippen molar-refractivity contribution < 1.29 is 8.78 Å². The summed E-state index contributed by atoms with van der Waals surface area (Å²) in [4.78, 5) is 2.05. The van der Waals surface area contributed by atoms with Gasteiger partial charge in [0, 0.05) is 30.1 Å². The van der Waals surface area contributed by atoms with Crippen molar-refractivity contribution in [2.45, 2.75) is 25.3 Å². The molecule has 112 valence electrons. The van der Waals surface area contributed by atoms with Crippen molar-refractivity contribution in [3.05, 3.63) is 42.1 Å². The minimum atomic E-state index is -2.41. The first kappa shape index (κ1) is 14.2. The van der Waals surface area contributed by atoms with Gasteiger partial charge in [0.15, 0.2) is 0 Å². The van der Waals surface area contributed by atoms with Crippen LogP contribution in [0.25, 0.3) is 11.3 Å². The van der Waals surface area contributed by atoms with Crippen LogP contribution >= 0.6 is 0 Å². The van der Waals surface area contributed by atoms with E-state index in [0.29, 0.717) is 19.5 Å². The van der Waals surface area contributed by atoms with Crippen LogP contribution in [0.5, 0.6) is 0 Å². The molecule has 1 aromatic carbocycles. The molecule has 0 bridgehead atoms. The summed E-state index contributed by atoms with van der Waals surface area (Å²) in [6, 6.07) is 12.0. The lowest BCUT2D eigenvalue weighted by Gasteiger charge is -2.14. The predicted molar refractivity (Wildman–Crippen MR) is 78.0 cm³/mol. The fraction of sp³-hybridized carbons (Fsp3) is 0.438. The number of benzene rings is 1. The molecule has 1 aliphatic rings. The van der Waals surface area contributed by atoms with Gasteiger partial charge in [-0.25, -0.2) is 8.78 Å². The number of H-pyrrole nitrogens is 1. The minimum absolute atomic E-state index is 0.0586. The zero-order valence-corrected chi connectivity index (χ0v) is 12.0. The summed E-state index contributed by atoms with van der Waals surface area (Å²) in [6.45, 7) is 1.37. The fourth-order valence-corrected chi connectivity index (χ4v) is 2.53. The largest absolute Gasteiger partial charge is 0.301 e. The topological polar surface area (TPSA) is 31.9 Å². The molecule has 1 saturated carbocycles. The number of hydrogen-bond donors (Lipinski definition) is 1. The Bertz CT molecular complexity index is 595. The van der Waals surface area contributed by atoms with Gasteiger partial charge in [-0.15, -0.1) is 0 Å². The molecule has 0 amide bonds. The van der Waals surface area contributed by atoms with Gasteiger partial charge >= 0.3 is 0 Å². The second-order valence-electron chi connectivity index (χ2n) is 5.83. The highest BCUT2D eigenvalue weighted by atomic mass is 19.3. The lowest BCUT2D eigenvalue weighted by atomic mass is 10.1. The van der Waals surface area contributed by atoms with E-state index in [1.807, 2.05) is 43.4 Å². The van der Waals surface area contributed by atoms with E-state index in [1.165, 1.54) is 0 Å². The second-order valence-corrected chi connectivity index (χ2v) is 5.83. The predicted octanol–water partition coefficient (Wildman–Crippen LogP) is 3.55. The third kappa shape index (κ3) is 3.47. The van der Waals surface area contributed by atoms with Crippen molar-refractivity contribution >= 4 is 0 Å². The number of halogens is 2. The third-order valence-corrected chi connectivity index (χ3v) is 3.96. The molecule has 1 aliphatic carbocycles. The molecule has 0 radical (unpaired) electrons. The standard InChI is InChI=1S/C16H19F2N3/c1-21(8-7-13-10-16(13,17)18)11-14-9-15(20-19-14)12-5-3-2-4-6-12/h2-6,9,13H,7-8,10-11H2,1H3,(H,19,20)/t13-/m1/s1. The van der Waals surface area contributed by atoms with E-state index >= 15 is 0 Å². The Morgan fingerprint density at radius 1 is 1.33 bits per heavy atom. The van der Waals surface area contributed by atoms with Gasteiger partial charge in [-0.3, -0.25) is 5.10 Å². The van der Waals surface area contributed by atoms with Gasteiger partial charge in [-0.1, -0.05) is 30.3 Å². The SMILES string of the molecule is CN(CC[C@@H]1CC1(F)F)Cc1cc(-c2ccccc2)n[nH]1. The molecular formula is C16H19F2N3. The molecule has 1 N–H and O–H groups in total. The van der Waals surface area contributed by atoms with Crippen molar-refractivity contribution in [3.8, 4) is 11.3 Å². The van der Waals surface area contributed by atoms with Crippen LogP contribution < -0.4 is 0 Å². The molecule has 1 fully saturated rings. The molecule has 21 heavy (non-hydrogen) atoms. The Morgan fingerprint density at radius 3 is 2.71 bits per heavy atom. The smallest absolute Gasteiger partial charge is 0.251 e. The lowest BCUT2D eigenvalue weighted by Crippen LogP contribution is -2.20. The van der Waals surface area contributed by atoms with Crippen LogP contribution in [0.2, 0.25) is 0 Å². The monoisotopic (exact) mass is 291 g/mol. The molecule has 1 aromatic heterocycles. The van der Waals surface area contributed by atoms with Crippen LogP contribution in [-0.4, -0.2) is 34.6 Å². The number of nitrogens with zero attached hydrogens (tertiary/aromatic N) is 2. The van der Waals surface area contributed by atoms with E-state index in [2.05, 4.69) is 15.1 Å². The van der Waals surface area contributed by atoms with Gasteiger partial charge in [-0.05, 0) is 26.1 Å². The van der Waals surface area contributed by atoms with Crippen LogP contribution in [0.3, 0.4) is 0 Å². The second kappa shape index (κ2) is 5.56. The Labute approximate surface area is 123 Å². The number of nitrogens with one attached hydrogen (secondary N) is 1. The molecule has 5 heteroatoms. The number of hydrogen-bond acceptors (Lipinski definition) is 2. The Balaban J connectivity index is 1.52. The van der Waals surface area contributed by atoms with Gasteiger partial charge in [0.05, 0.1) is 5.69 Å². The Morgan fingerprint density at radius 2 is 2.05 bits per heavy atom. The van der Waals surface area contributed by atoms with Gasteiger partial charge < -0.3 is 4.90 Å². The summed E-state index contributed by atoms with van der Waals surface area (Å²) < 4.78 is 25.7. The van der Waals surface area contributed by atoms with Crippen LogP contribution in [0, 0.1) is 5.92 Å². The highest BCUT2D eigenvalue weighted by molar-refractivity contribution is 5.58. The van der Waals surface area contributed by atoms with Crippen LogP contribution in [0.1, 0.15) is 18.5 Å². The van der Waals surface area contributed by atoms with Gasteiger partial charge in [-0.2, -0.15) is 5.10 Å². The molecule has 0 saturated heterocycles. The molecule has 0 spiro atoms. The average Bonchev–Trinajstić information content (AvgIpc) is 2.86. The van der Waals surface area contributed by atoms with Crippen LogP contribution in [0.4, 0.5) is 8.78 Å². The highest BCUT2D eigenvalue weighted by Crippen LogP contribution is 2.50. The average molecular weight is 291 g/mol. The Kier molecular flexibility index (Phi) is 3.76. The highest BCUT2D eigenvalue weighted by Gasteiger charge is 2.55. The number of rotatable bonds is 6. The molecule has 3 rings (SSSR count). The van der Waals surface area contributed by atoms with Gasteiger partial charge in [0.25, 0.3) is 5.92 Å². The van der Waals surface area contributed by atoms with Crippen molar-refractivity contribution in [3.63, 3.8) is 0 Å². The van der Waals surface area contributed by atoms with E-state index in [1.54, 1.807) is 0 Å². The number of aromatic amines is 1. The first-order valence-electron chi connectivity index (χ1n) is 7.21. The summed E-state index contributed by atoms with van der Waals surface area (Å²) in [6.07, 6.45) is 0.617. The molecule has 1 heterocycles. The molecule has 2 aromatic rings. The summed E-state index contributed by atoms with van der Waals surface area (Å²) in [5.74, 6) is -2.82. The van der Waals surface area contributed by atoms with E-state index < -0.39 is 11.8 Å². The lowest BCUT2D eigenvalue weighted by molar-refractivity contribution is 0.0943. The van der Waals surface area contributed by atoms with Crippen molar-refractivity contribution in [1.82, 2.24) is 15.1 Å². The van der Waals surface area contributed by atoms with Gasteiger partial charge in [0.2, 0.25) is 0 Å². The summed E-state index contributed by atoms with van der Waals surface area (Å²) in [5.41, 5.74) is 2.98. The third-order valence-electron chi connectivity index (χ3n) is 3.96. The maximum Gasteiger partial charge on any atom is 0.251 e. The van der Waals surface area contributed by atoms with E-state index in [4.69, 9.17) is 0 Å². The number of alkyl halides is 2. The van der Waals surface area contributed by atoms with Crippen LogP contribution in [0.15, 0.2) is 36.4 Å². The van der Waals surface area contributed by atoms with E-state index in [9.17, 15) is 8.78 Å². The van der Waals surface area contributed by atoms with E-state index in [-0.39, 0.29) is 6.42 Å². The first-order chi connectivity index (χ1) is 10.0. The van der Waals surface area contributed by atoms with E-state index in [0.717, 1.165) is 17.0 Å². The van der Waals surface area contributed by atoms with Crippen molar-refractivity contribution in [2.24, 2.45) is 5.92 Å². The van der Waals surface area contributed by atoms with Crippen molar-refractivity contribution in [1.29, 1.82) is 0 Å². The number of aromatic nitrogens is 2. The fourth-order valence-electron chi connectivity index (χ4n) is 2.53. The quantitative estimate of drug-likeness (QED) is 0.882. The first-order valence-corrected chi connectivity index (χ1v) is 7.21. The molecule has 0 aliphatic heterocycles.